The van der Waals surface area contributed by atoms with E-state index >= 15 is 0 Å². The maximum absolute atomic E-state index is 12.7. The molecule has 2 unspecified atom stereocenters. The van der Waals surface area contributed by atoms with E-state index in [1.165, 1.54) is 6.07 Å². The molecule has 5 heteroatoms. The Kier molecular flexibility index (Phi) is 4.17. The van der Waals surface area contributed by atoms with Gasteiger partial charge in [0.05, 0.1) is 16.5 Å². The second-order valence-electron chi connectivity index (χ2n) is 5.86. The van der Waals surface area contributed by atoms with Crippen molar-refractivity contribution in [2.24, 2.45) is 11.8 Å². The second-order valence-corrected chi connectivity index (χ2v) is 7.79. The molecule has 1 heterocycles. The van der Waals surface area contributed by atoms with Crippen molar-refractivity contribution in [2.45, 2.75) is 32.1 Å². The summed E-state index contributed by atoms with van der Waals surface area (Å²) < 4.78 is 26.9. The van der Waals surface area contributed by atoms with Crippen molar-refractivity contribution >= 4 is 10.0 Å². The fourth-order valence-corrected chi connectivity index (χ4v) is 4.64. The van der Waals surface area contributed by atoms with Gasteiger partial charge in [-0.25, -0.2) is 8.42 Å². The standard InChI is InChI=1S/C15H20N2O2S/c1-11-6-12(2)10-17(9-11)20(18,19)15-5-4-14(8-16)13(3)7-15/h4-5,7,11-12H,6,9-10H2,1-3H3. The van der Waals surface area contributed by atoms with E-state index in [1.54, 1.807) is 23.4 Å². The normalized spacial score (nSPS) is 24.3. The first kappa shape index (κ1) is 15.0. The van der Waals surface area contributed by atoms with Gasteiger partial charge in [-0.05, 0) is 48.9 Å². The van der Waals surface area contributed by atoms with Crippen LogP contribution in [0.2, 0.25) is 0 Å². The minimum Gasteiger partial charge on any atom is -0.207 e. The third-order valence-corrected chi connectivity index (χ3v) is 5.62. The van der Waals surface area contributed by atoms with E-state index in [0.29, 0.717) is 36.1 Å². The van der Waals surface area contributed by atoms with Gasteiger partial charge in [-0.15, -0.1) is 0 Å². The fraction of sp³-hybridized carbons (Fsp3) is 0.533. The van der Waals surface area contributed by atoms with Crippen molar-refractivity contribution in [3.05, 3.63) is 29.3 Å². The summed E-state index contributed by atoms with van der Waals surface area (Å²) in [7, 11) is -3.45. The Bertz CT molecular complexity index is 636. The molecule has 4 nitrogen and oxygen atoms in total. The molecule has 2 rings (SSSR count). The van der Waals surface area contributed by atoms with Crippen LogP contribution < -0.4 is 0 Å². The van der Waals surface area contributed by atoms with Crippen molar-refractivity contribution in [3.63, 3.8) is 0 Å². The molecule has 1 aromatic rings. The third-order valence-electron chi connectivity index (χ3n) is 3.79. The fourth-order valence-electron chi connectivity index (χ4n) is 2.87. The van der Waals surface area contributed by atoms with Crippen molar-refractivity contribution in [1.29, 1.82) is 5.26 Å². The topological polar surface area (TPSA) is 61.2 Å². The highest BCUT2D eigenvalue weighted by Gasteiger charge is 2.31. The summed E-state index contributed by atoms with van der Waals surface area (Å²) in [5, 5.41) is 8.92. The van der Waals surface area contributed by atoms with E-state index in [0.717, 1.165) is 6.42 Å². The molecule has 1 aliphatic heterocycles. The molecule has 0 N–H and O–H groups in total. The summed E-state index contributed by atoms with van der Waals surface area (Å²) in [4.78, 5) is 0.287. The van der Waals surface area contributed by atoms with Gasteiger partial charge in [-0.1, -0.05) is 13.8 Å². The smallest absolute Gasteiger partial charge is 0.207 e. The van der Waals surface area contributed by atoms with Crippen molar-refractivity contribution in [1.82, 2.24) is 4.31 Å². The highest BCUT2D eigenvalue weighted by Crippen LogP contribution is 2.27. The molecule has 1 aromatic carbocycles. The number of nitriles is 1. The van der Waals surface area contributed by atoms with Gasteiger partial charge in [-0.2, -0.15) is 9.57 Å². The molecule has 2 atom stereocenters. The van der Waals surface area contributed by atoms with E-state index in [4.69, 9.17) is 5.26 Å². The predicted molar refractivity (Wildman–Crippen MR) is 77.6 cm³/mol. The lowest BCUT2D eigenvalue weighted by Gasteiger charge is -2.34. The summed E-state index contributed by atoms with van der Waals surface area (Å²) >= 11 is 0. The van der Waals surface area contributed by atoms with Gasteiger partial charge in [0.1, 0.15) is 0 Å². The van der Waals surface area contributed by atoms with Crippen LogP contribution in [0.3, 0.4) is 0 Å². The number of aryl methyl sites for hydroxylation is 1. The Morgan fingerprint density at radius 1 is 1.25 bits per heavy atom. The first-order valence-electron chi connectivity index (χ1n) is 6.85. The summed E-state index contributed by atoms with van der Waals surface area (Å²) in [6, 6.07) is 6.77. The third kappa shape index (κ3) is 2.87. The Labute approximate surface area is 121 Å². The lowest BCUT2D eigenvalue weighted by atomic mass is 9.94. The Hall–Kier alpha value is -1.38. The average Bonchev–Trinajstić information content (AvgIpc) is 2.37. The SMILES string of the molecule is Cc1cc(S(=O)(=O)N2CC(C)CC(C)C2)ccc1C#N. The highest BCUT2D eigenvalue weighted by molar-refractivity contribution is 7.89. The maximum atomic E-state index is 12.7. The molecule has 20 heavy (non-hydrogen) atoms. The average molecular weight is 292 g/mol. The summed E-state index contributed by atoms with van der Waals surface area (Å²) in [6.07, 6.45) is 1.07. The Morgan fingerprint density at radius 2 is 1.85 bits per heavy atom. The van der Waals surface area contributed by atoms with Crippen LogP contribution in [0.4, 0.5) is 0 Å². The molecule has 0 saturated carbocycles. The first-order chi connectivity index (χ1) is 9.34. The molecule has 1 fully saturated rings. The zero-order valence-electron chi connectivity index (χ0n) is 12.1. The van der Waals surface area contributed by atoms with Gasteiger partial charge in [0.15, 0.2) is 0 Å². The van der Waals surface area contributed by atoms with Gasteiger partial charge in [0, 0.05) is 13.1 Å². The number of nitrogens with zero attached hydrogens (tertiary/aromatic N) is 2. The molecule has 1 saturated heterocycles. The molecular weight excluding hydrogens is 272 g/mol. The maximum Gasteiger partial charge on any atom is 0.243 e. The molecule has 0 aliphatic carbocycles. The van der Waals surface area contributed by atoms with Gasteiger partial charge < -0.3 is 0 Å². The number of piperidine rings is 1. The largest absolute Gasteiger partial charge is 0.243 e. The van der Waals surface area contributed by atoms with Crippen LogP contribution in [0.25, 0.3) is 0 Å². The van der Waals surface area contributed by atoms with E-state index in [-0.39, 0.29) is 4.90 Å². The quantitative estimate of drug-likeness (QED) is 0.841. The van der Waals surface area contributed by atoms with Crippen LogP contribution >= 0.6 is 0 Å². The van der Waals surface area contributed by atoms with Crippen LogP contribution in [0.1, 0.15) is 31.4 Å². The van der Waals surface area contributed by atoms with Crippen LogP contribution in [0.5, 0.6) is 0 Å². The zero-order valence-corrected chi connectivity index (χ0v) is 12.9. The van der Waals surface area contributed by atoms with E-state index < -0.39 is 10.0 Å². The zero-order chi connectivity index (χ0) is 14.9. The number of hydrogen-bond acceptors (Lipinski definition) is 3. The number of hydrogen-bond donors (Lipinski definition) is 0. The highest BCUT2D eigenvalue weighted by atomic mass is 32.2. The van der Waals surface area contributed by atoms with Gasteiger partial charge >= 0.3 is 0 Å². The molecular formula is C15H20N2O2S. The van der Waals surface area contributed by atoms with Gasteiger partial charge in [-0.3, -0.25) is 0 Å². The van der Waals surface area contributed by atoms with E-state index in [1.807, 2.05) is 0 Å². The summed E-state index contributed by atoms with van der Waals surface area (Å²) in [5.74, 6) is 0.765. The molecule has 1 aliphatic rings. The van der Waals surface area contributed by atoms with Gasteiger partial charge in [0.2, 0.25) is 10.0 Å². The van der Waals surface area contributed by atoms with Gasteiger partial charge in [0.25, 0.3) is 0 Å². The minimum absolute atomic E-state index is 0.287. The molecule has 0 amide bonds. The second kappa shape index (κ2) is 5.55. The van der Waals surface area contributed by atoms with Crippen LogP contribution in [-0.4, -0.2) is 25.8 Å². The lowest BCUT2D eigenvalue weighted by molar-refractivity contribution is 0.222. The van der Waals surface area contributed by atoms with Crippen LogP contribution in [0.15, 0.2) is 23.1 Å². The van der Waals surface area contributed by atoms with E-state index in [2.05, 4.69) is 19.9 Å². The first-order valence-corrected chi connectivity index (χ1v) is 8.29. The van der Waals surface area contributed by atoms with Crippen molar-refractivity contribution in [3.8, 4) is 6.07 Å². The summed E-state index contributed by atoms with van der Waals surface area (Å²) in [5.41, 5.74) is 1.22. The summed E-state index contributed by atoms with van der Waals surface area (Å²) in [6.45, 7) is 7.08. The monoisotopic (exact) mass is 292 g/mol. The lowest BCUT2D eigenvalue weighted by Crippen LogP contribution is -2.42. The predicted octanol–water partition coefficient (Wildman–Crippen LogP) is 2.53. The molecule has 0 aromatic heterocycles. The van der Waals surface area contributed by atoms with E-state index in [9.17, 15) is 8.42 Å². The Morgan fingerprint density at radius 3 is 2.35 bits per heavy atom. The minimum atomic E-state index is -3.45. The molecule has 0 spiro atoms. The molecule has 108 valence electrons. The van der Waals surface area contributed by atoms with Crippen LogP contribution in [0, 0.1) is 30.1 Å². The number of benzene rings is 1. The van der Waals surface area contributed by atoms with Crippen LogP contribution in [-0.2, 0) is 10.0 Å². The van der Waals surface area contributed by atoms with Crippen molar-refractivity contribution < 1.29 is 8.42 Å². The number of sulfonamides is 1. The number of rotatable bonds is 2. The molecule has 0 bridgehead atoms. The Balaban J connectivity index is 2.35. The van der Waals surface area contributed by atoms with Crippen molar-refractivity contribution in [2.75, 3.05) is 13.1 Å². The molecule has 0 radical (unpaired) electrons.